The summed E-state index contributed by atoms with van der Waals surface area (Å²) in [5, 5.41) is 0. The van der Waals surface area contributed by atoms with Crippen molar-refractivity contribution >= 4 is 17.5 Å². The summed E-state index contributed by atoms with van der Waals surface area (Å²) in [7, 11) is 0. The number of H-pyrrole nitrogens is 1. The average molecular weight is 303 g/mol. The lowest BCUT2D eigenvalue weighted by atomic mass is 10.1. The van der Waals surface area contributed by atoms with Gasteiger partial charge >= 0.3 is 5.97 Å². The minimum Gasteiger partial charge on any atom is -0.469 e. The molecule has 0 atom stereocenters. The third-order valence-corrected chi connectivity index (χ3v) is 3.48. The average Bonchev–Trinajstić information content (AvgIpc) is 2.99. The summed E-state index contributed by atoms with van der Waals surface area (Å²) in [4.78, 5) is 38.4. The number of aromatic amines is 1. The number of hydrogen-bond donors (Lipinski definition) is 1. The number of carbonyl (C=O) groups excluding carboxylic acids is 3. The van der Waals surface area contributed by atoms with Gasteiger partial charge in [0, 0.05) is 11.3 Å². The molecule has 0 unspecified atom stereocenters. The number of aromatic nitrogens is 1. The molecule has 0 aromatic carbocycles. The van der Waals surface area contributed by atoms with Gasteiger partial charge in [-0.25, -0.2) is 4.79 Å². The van der Waals surface area contributed by atoms with Gasteiger partial charge in [-0.1, -0.05) is 0 Å². The van der Waals surface area contributed by atoms with Crippen molar-refractivity contribution in [2.75, 3.05) is 6.61 Å². The van der Waals surface area contributed by atoms with Crippen LogP contribution in [0.2, 0.25) is 0 Å². The molecule has 22 heavy (non-hydrogen) atoms. The SMILES string of the molecule is CC(=O)c1c(C)[nH]c(C(=O)COC(=O)c2ccoc2C)c1C. The van der Waals surface area contributed by atoms with Gasteiger partial charge in [0.15, 0.2) is 12.4 Å². The van der Waals surface area contributed by atoms with Crippen LogP contribution in [0.15, 0.2) is 16.7 Å². The maximum Gasteiger partial charge on any atom is 0.342 e. The number of rotatable bonds is 5. The first-order valence-electron chi connectivity index (χ1n) is 6.77. The van der Waals surface area contributed by atoms with E-state index in [4.69, 9.17) is 9.15 Å². The topological polar surface area (TPSA) is 89.4 Å². The van der Waals surface area contributed by atoms with E-state index in [9.17, 15) is 14.4 Å². The molecule has 0 bridgehead atoms. The number of hydrogen-bond acceptors (Lipinski definition) is 5. The number of Topliss-reactive ketones (excluding diaryl/α,β-unsaturated/α-hetero) is 2. The van der Waals surface area contributed by atoms with E-state index in [1.54, 1.807) is 20.8 Å². The highest BCUT2D eigenvalue weighted by Gasteiger charge is 2.21. The lowest BCUT2D eigenvalue weighted by molar-refractivity contribution is 0.0471. The van der Waals surface area contributed by atoms with Gasteiger partial charge < -0.3 is 14.1 Å². The number of ketones is 2. The second-order valence-corrected chi connectivity index (χ2v) is 5.07. The summed E-state index contributed by atoms with van der Waals surface area (Å²) >= 11 is 0. The van der Waals surface area contributed by atoms with Crippen LogP contribution < -0.4 is 0 Å². The summed E-state index contributed by atoms with van der Waals surface area (Å²) in [6.07, 6.45) is 1.38. The van der Waals surface area contributed by atoms with Crippen molar-refractivity contribution in [3.8, 4) is 0 Å². The van der Waals surface area contributed by atoms with Crippen LogP contribution in [0.4, 0.5) is 0 Å². The maximum absolute atomic E-state index is 12.2. The van der Waals surface area contributed by atoms with Gasteiger partial charge in [0.25, 0.3) is 0 Å². The van der Waals surface area contributed by atoms with Crippen molar-refractivity contribution in [1.82, 2.24) is 4.98 Å². The van der Waals surface area contributed by atoms with Crippen LogP contribution in [-0.2, 0) is 4.74 Å². The Hall–Kier alpha value is -2.63. The van der Waals surface area contributed by atoms with Gasteiger partial charge in [-0.3, -0.25) is 9.59 Å². The molecule has 0 aliphatic heterocycles. The molecule has 6 heteroatoms. The molecule has 2 rings (SSSR count). The molecular weight excluding hydrogens is 286 g/mol. The number of aryl methyl sites for hydroxylation is 2. The second-order valence-electron chi connectivity index (χ2n) is 5.07. The molecule has 0 amide bonds. The molecule has 1 N–H and O–H groups in total. The summed E-state index contributed by atoms with van der Waals surface area (Å²) in [6, 6.07) is 1.49. The molecule has 116 valence electrons. The maximum atomic E-state index is 12.2. The first-order valence-corrected chi connectivity index (χ1v) is 6.77. The van der Waals surface area contributed by atoms with E-state index in [0.717, 1.165) is 0 Å². The van der Waals surface area contributed by atoms with Crippen molar-refractivity contribution in [2.45, 2.75) is 27.7 Å². The van der Waals surface area contributed by atoms with Crippen LogP contribution in [0, 0.1) is 20.8 Å². The first-order chi connectivity index (χ1) is 10.3. The summed E-state index contributed by atoms with van der Waals surface area (Å²) in [5.41, 5.74) is 2.28. The standard InChI is InChI=1S/C16H17NO5/c1-8-14(10(3)18)9(2)17-15(8)13(19)7-22-16(20)12-5-6-21-11(12)4/h5-6,17H,7H2,1-4H3. The summed E-state index contributed by atoms with van der Waals surface area (Å²) < 4.78 is 10.0. The minimum atomic E-state index is -0.618. The minimum absolute atomic E-state index is 0.115. The van der Waals surface area contributed by atoms with Crippen LogP contribution in [0.25, 0.3) is 0 Å². The molecule has 0 aliphatic rings. The predicted octanol–water partition coefficient (Wildman–Crippen LogP) is 2.78. The molecule has 0 saturated carbocycles. The van der Waals surface area contributed by atoms with Crippen LogP contribution in [-0.4, -0.2) is 29.1 Å². The fraction of sp³-hybridized carbons (Fsp3) is 0.312. The fourth-order valence-corrected chi connectivity index (χ4v) is 2.43. The van der Waals surface area contributed by atoms with E-state index in [1.807, 2.05) is 0 Å². The Kier molecular flexibility index (Phi) is 4.30. The number of carbonyl (C=O) groups is 3. The zero-order chi connectivity index (χ0) is 16.4. The largest absolute Gasteiger partial charge is 0.469 e. The quantitative estimate of drug-likeness (QED) is 0.677. The Morgan fingerprint density at radius 2 is 1.91 bits per heavy atom. The lowest BCUT2D eigenvalue weighted by Crippen LogP contribution is -2.15. The van der Waals surface area contributed by atoms with Gasteiger partial charge in [0.05, 0.1) is 12.0 Å². The zero-order valence-electron chi connectivity index (χ0n) is 12.9. The summed E-state index contributed by atoms with van der Waals surface area (Å²) in [5.74, 6) is -0.686. The van der Waals surface area contributed by atoms with Crippen molar-refractivity contribution in [3.63, 3.8) is 0 Å². The van der Waals surface area contributed by atoms with Crippen LogP contribution in [0.3, 0.4) is 0 Å². The number of ether oxygens (including phenoxy) is 1. The molecular formula is C16H17NO5. The molecule has 2 aromatic rings. The third-order valence-electron chi connectivity index (χ3n) is 3.48. The Balaban J connectivity index is 2.11. The van der Waals surface area contributed by atoms with E-state index in [2.05, 4.69) is 4.98 Å². The number of nitrogens with one attached hydrogen (secondary N) is 1. The molecule has 0 spiro atoms. The molecule has 0 fully saturated rings. The molecule has 0 radical (unpaired) electrons. The molecule has 0 saturated heterocycles. The highest BCUT2D eigenvalue weighted by Crippen LogP contribution is 2.19. The normalized spacial score (nSPS) is 10.5. The van der Waals surface area contributed by atoms with Gasteiger partial charge in [0.2, 0.25) is 5.78 Å². The number of esters is 1. The molecule has 0 aliphatic carbocycles. The molecule has 2 aromatic heterocycles. The second kappa shape index (κ2) is 6.01. The van der Waals surface area contributed by atoms with E-state index < -0.39 is 12.6 Å². The van der Waals surface area contributed by atoms with E-state index in [0.29, 0.717) is 28.3 Å². The Labute approximate surface area is 127 Å². The molecule has 2 heterocycles. The van der Waals surface area contributed by atoms with Crippen molar-refractivity contribution in [3.05, 3.63) is 46.2 Å². The van der Waals surface area contributed by atoms with Crippen LogP contribution >= 0.6 is 0 Å². The van der Waals surface area contributed by atoms with Crippen molar-refractivity contribution < 1.29 is 23.5 Å². The highest BCUT2D eigenvalue weighted by atomic mass is 16.5. The molecule has 6 nitrogen and oxygen atoms in total. The Morgan fingerprint density at radius 1 is 1.23 bits per heavy atom. The van der Waals surface area contributed by atoms with Gasteiger partial charge in [-0.15, -0.1) is 0 Å². The lowest BCUT2D eigenvalue weighted by Gasteiger charge is -2.03. The van der Waals surface area contributed by atoms with E-state index in [1.165, 1.54) is 19.3 Å². The Morgan fingerprint density at radius 3 is 2.41 bits per heavy atom. The van der Waals surface area contributed by atoms with Crippen LogP contribution in [0.5, 0.6) is 0 Å². The van der Waals surface area contributed by atoms with Crippen LogP contribution in [0.1, 0.15) is 55.1 Å². The summed E-state index contributed by atoms with van der Waals surface area (Å²) in [6.45, 7) is 6.09. The Bertz CT molecular complexity index is 751. The van der Waals surface area contributed by atoms with Gasteiger partial charge in [-0.05, 0) is 39.3 Å². The predicted molar refractivity (Wildman–Crippen MR) is 78.3 cm³/mol. The monoisotopic (exact) mass is 303 g/mol. The van der Waals surface area contributed by atoms with Gasteiger partial charge in [0.1, 0.15) is 11.3 Å². The zero-order valence-corrected chi connectivity index (χ0v) is 12.9. The van der Waals surface area contributed by atoms with Crippen molar-refractivity contribution in [1.29, 1.82) is 0 Å². The van der Waals surface area contributed by atoms with Gasteiger partial charge in [-0.2, -0.15) is 0 Å². The number of furan rings is 1. The van der Waals surface area contributed by atoms with E-state index >= 15 is 0 Å². The highest BCUT2D eigenvalue weighted by molar-refractivity contribution is 6.04. The first kappa shape index (κ1) is 15.8. The fourth-order valence-electron chi connectivity index (χ4n) is 2.43. The smallest absolute Gasteiger partial charge is 0.342 e. The van der Waals surface area contributed by atoms with E-state index in [-0.39, 0.29) is 17.1 Å². The van der Waals surface area contributed by atoms with Crippen molar-refractivity contribution in [2.24, 2.45) is 0 Å². The third kappa shape index (κ3) is 2.86.